The fourth-order valence-electron chi connectivity index (χ4n) is 9.60. The number of para-hydroxylation sites is 1. The maximum Gasteiger partial charge on any atom is 0.251 e. The first-order valence-electron chi connectivity index (χ1n) is 19.7. The number of nitrogens with zero attached hydrogens (tertiary/aromatic N) is 3. The van der Waals surface area contributed by atoms with Crippen molar-refractivity contribution < 1.29 is 29.4 Å². The molecule has 2 bridgehead atoms. The minimum Gasteiger partial charge on any atom is -0.496 e. The van der Waals surface area contributed by atoms with Crippen molar-refractivity contribution in [3.63, 3.8) is 0 Å². The number of benzene rings is 2. The van der Waals surface area contributed by atoms with Gasteiger partial charge in [0.05, 0.1) is 26.4 Å². The second-order valence-corrected chi connectivity index (χ2v) is 18.6. The van der Waals surface area contributed by atoms with Crippen LogP contribution in [0.15, 0.2) is 36.4 Å². The van der Waals surface area contributed by atoms with Crippen LogP contribution < -0.4 is 20.3 Å². The molecule has 6 rings (SSSR count). The standard InChI is InChI=1S/C43H67N5O6/c1-25-34-19-30(43(34,6)7)20-35(25)45-41(52)38-37(26(2)50)36(24-49)54-48(38)22-27-14-13-15-33(39(27)53-12)28-16-29(18-32(17-28)47(10)11)40(51)44-31(23-46(8)9)21-42(3,4)5/h13-18,25-26,30-31,34-38,49-50H,19-24H2,1-12H3,(H,44,51)(H,45,52)/t25-,26-,30-,31?,34+,35-,36-,37+,38-/m0/s1. The van der Waals surface area contributed by atoms with Crippen molar-refractivity contribution in [3.8, 4) is 16.9 Å². The van der Waals surface area contributed by atoms with Crippen molar-refractivity contribution in [2.24, 2.45) is 34.5 Å². The fraction of sp³-hybridized carbons (Fsp3) is 0.674. The van der Waals surface area contributed by atoms with Crippen LogP contribution in [0, 0.1) is 34.5 Å². The van der Waals surface area contributed by atoms with E-state index >= 15 is 0 Å². The van der Waals surface area contributed by atoms with Gasteiger partial charge in [-0.3, -0.25) is 14.4 Å². The number of methoxy groups -OCH3 is 1. The molecular formula is C43H67N5O6. The van der Waals surface area contributed by atoms with Crippen LogP contribution in [0.5, 0.6) is 5.75 Å². The lowest BCUT2D eigenvalue weighted by Gasteiger charge is -2.62. The first-order chi connectivity index (χ1) is 25.2. The summed E-state index contributed by atoms with van der Waals surface area (Å²) >= 11 is 0. The largest absolute Gasteiger partial charge is 0.496 e. The molecule has 0 radical (unpaired) electrons. The van der Waals surface area contributed by atoms with Gasteiger partial charge in [0, 0.05) is 61.0 Å². The van der Waals surface area contributed by atoms with Gasteiger partial charge in [0.25, 0.3) is 5.91 Å². The minimum absolute atomic E-state index is 0.0329. The van der Waals surface area contributed by atoms with Crippen LogP contribution >= 0.6 is 0 Å². The normalized spacial score (nSPS) is 27.6. The quantitative estimate of drug-likeness (QED) is 0.207. The van der Waals surface area contributed by atoms with Crippen LogP contribution in [0.3, 0.4) is 0 Å². The summed E-state index contributed by atoms with van der Waals surface area (Å²) in [6, 6.07) is 10.9. The molecule has 4 aliphatic rings. The first-order valence-corrected chi connectivity index (χ1v) is 19.7. The third-order valence-corrected chi connectivity index (χ3v) is 12.5. The molecule has 3 aliphatic carbocycles. The maximum atomic E-state index is 14.3. The topological polar surface area (TPSA) is 127 Å². The van der Waals surface area contributed by atoms with E-state index < -0.39 is 24.2 Å². The van der Waals surface area contributed by atoms with Gasteiger partial charge >= 0.3 is 0 Å². The van der Waals surface area contributed by atoms with Crippen molar-refractivity contribution in [2.75, 3.05) is 53.4 Å². The summed E-state index contributed by atoms with van der Waals surface area (Å²) in [6.07, 6.45) is 1.32. The molecule has 3 saturated carbocycles. The van der Waals surface area contributed by atoms with Crippen LogP contribution in [0.1, 0.15) is 83.7 Å². The van der Waals surface area contributed by atoms with E-state index in [0.29, 0.717) is 29.1 Å². The number of rotatable bonds is 14. The number of fused-ring (bicyclic) bond motifs is 2. The molecule has 4 fully saturated rings. The van der Waals surface area contributed by atoms with Crippen molar-refractivity contribution in [3.05, 3.63) is 47.5 Å². The molecule has 4 N–H and O–H groups in total. The second kappa shape index (κ2) is 16.5. The van der Waals surface area contributed by atoms with E-state index in [1.807, 2.05) is 69.5 Å². The van der Waals surface area contributed by atoms with Crippen LogP contribution in [0.25, 0.3) is 11.1 Å². The molecule has 1 saturated heterocycles. The predicted molar refractivity (Wildman–Crippen MR) is 214 cm³/mol. The van der Waals surface area contributed by atoms with Gasteiger partial charge in [-0.25, -0.2) is 0 Å². The number of hydrogen-bond donors (Lipinski definition) is 4. The number of amides is 2. The summed E-state index contributed by atoms with van der Waals surface area (Å²) in [4.78, 5) is 38.6. The van der Waals surface area contributed by atoms with Gasteiger partial charge in [-0.2, -0.15) is 5.06 Å². The van der Waals surface area contributed by atoms with Gasteiger partial charge in [0.2, 0.25) is 5.91 Å². The molecule has 54 heavy (non-hydrogen) atoms. The molecule has 1 heterocycles. The van der Waals surface area contributed by atoms with E-state index in [9.17, 15) is 19.8 Å². The number of aliphatic hydroxyl groups is 2. The lowest BCUT2D eigenvalue weighted by molar-refractivity contribution is -0.183. The van der Waals surface area contributed by atoms with Gasteiger partial charge in [-0.1, -0.05) is 59.7 Å². The number of nitrogens with one attached hydrogen (secondary N) is 2. The van der Waals surface area contributed by atoms with Gasteiger partial charge in [-0.15, -0.1) is 0 Å². The third kappa shape index (κ3) is 8.91. The van der Waals surface area contributed by atoms with Crippen LogP contribution in [0.4, 0.5) is 5.69 Å². The Balaban J connectivity index is 1.45. The van der Waals surface area contributed by atoms with E-state index in [1.165, 1.54) is 6.42 Å². The van der Waals surface area contributed by atoms with E-state index in [-0.39, 0.29) is 47.9 Å². The number of carbonyl (C=O) groups is 2. The summed E-state index contributed by atoms with van der Waals surface area (Å²) in [5, 5.41) is 29.6. The predicted octanol–water partition coefficient (Wildman–Crippen LogP) is 5.19. The molecule has 0 aromatic heterocycles. The van der Waals surface area contributed by atoms with Crippen molar-refractivity contribution >= 4 is 17.5 Å². The number of anilines is 1. The Morgan fingerprint density at radius 2 is 1.81 bits per heavy atom. The number of hydrogen-bond acceptors (Lipinski definition) is 9. The Morgan fingerprint density at radius 3 is 2.37 bits per heavy atom. The molecule has 11 heteroatoms. The summed E-state index contributed by atoms with van der Waals surface area (Å²) in [6.45, 7) is 15.7. The highest BCUT2D eigenvalue weighted by molar-refractivity contribution is 5.97. The average Bonchev–Trinajstić information content (AvgIpc) is 3.46. The molecule has 1 aliphatic heterocycles. The Labute approximate surface area is 323 Å². The lowest BCUT2D eigenvalue weighted by Crippen LogP contribution is -2.62. The van der Waals surface area contributed by atoms with Crippen LogP contribution in [0.2, 0.25) is 0 Å². The van der Waals surface area contributed by atoms with Gasteiger partial charge in [0.15, 0.2) is 0 Å². The minimum atomic E-state index is -0.897. The Kier molecular flexibility index (Phi) is 12.8. The van der Waals surface area contributed by atoms with E-state index in [1.54, 1.807) is 19.1 Å². The van der Waals surface area contributed by atoms with Crippen molar-refractivity contribution in [2.45, 2.75) is 105 Å². The molecule has 1 unspecified atom stereocenters. The summed E-state index contributed by atoms with van der Waals surface area (Å²) < 4.78 is 6.10. The monoisotopic (exact) mass is 750 g/mol. The summed E-state index contributed by atoms with van der Waals surface area (Å²) in [5.41, 5.74) is 4.10. The zero-order valence-electron chi connectivity index (χ0n) is 34.8. The van der Waals surface area contributed by atoms with Gasteiger partial charge in [-0.05, 0) is 92.6 Å². The number of ether oxygens (including phenoxy) is 1. The smallest absolute Gasteiger partial charge is 0.251 e. The fourth-order valence-corrected chi connectivity index (χ4v) is 9.60. The average molecular weight is 750 g/mol. The number of carbonyl (C=O) groups excluding carboxylic acids is 2. The highest BCUT2D eigenvalue weighted by atomic mass is 16.7. The van der Waals surface area contributed by atoms with E-state index in [2.05, 4.69) is 57.1 Å². The van der Waals surface area contributed by atoms with Crippen molar-refractivity contribution in [1.82, 2.24) is 20.6 Å². The highest BCUT2D eigenvalue weighted by Crippen LogP contribution is 2.61. The summed E-state index contributed by atoms with van der Waals surface area (Å²) in [7, 11) is 9.55. The van der Waals surface area contributed by atoms with Gasteiger partial charge < -0.3 is 35.4 Å². The zero-order chi connectivity index (χ0) is 39.9. The Hall–Kier alpha value is -3.22. The molecule has 300 valence electrons. The molecule has 2 aromatic rings. The molecule has 9 atom stereocenters. The Bertz CT molecular complexity index is 1640. The molecule has 0 spiro atoms. The van der Waals surface area contributed by atoms with Crippen molar-refractivity contribution in [1.29, 1.82) is 0 Å². The number of likely N-dealkylation sites (N-methyl/N-ethyl adjacent to an activating group) is 1. The zero-order valence-corrected chi connectivity index (χ0v) is 34.8. The first kappa shape index (κ1) is 41.9. The molecular weight excluding hydrogens is 683 g/mol. The second-order valence-electron chi connectivity index (χ2n) is 18.6. The van der Waals surface area contributed by atoms with Crippen LogP contribution in [-0.2, 0) is 16.2 Å². The molecule has 2 aromatic carbocycles. The highest BCUT2D eigenvalue weighted by Gasteiger charge is 2.57. The van der Waals surface area contributed by atoms with E-state index in [0.717, 1.165) is 41.8 Å². The van der Waals surface area contributed by atoms with E-state index in [4.69, 9.17) is 9.57 Å². The third-order valence-electron chi connectivity index (χ3n) is 12.5. The SMILES string of the molecule is COc1c(CN2O[C@@H](CO)[C@@H]([C@H](C)O)[C@H]2C(=O)N[C@H]2C[C@@H]3C[C@H]([C@@H]2C)C3(C)C)cccc1-c1cc(C(=O)NC(CN(C)C)CC(C)(C)C)cc(N(C)C)c1. The Morgan fingerprint density at radius 1 is 1.11 bits per heavy atom. The number of aliphatic hydroxyl groups excluding tert-OH is 2. The summed E-state index contributed by atoms with van der Waals surface area (Å²) in [5.74, 6) is 1.08. The maximum absolute atomic E-state index is 14.3. The molecule has 2 amide bonds. The van der Waals surface area contributed by atoms with Crippen LogP contribution in [-0.4, -0.2) is 111 Å². The number of hydroxylamine groups is 2. The molecule has 11 nitrogen and oxygen atoms in total. The lowest BCUT2D eigenvalue weighted by atomic mass is 9.45. The van der Waals surface area contributed by atoms with Gasteiger partial charge in [0.1, 0.15) is 17.9 Å².